The zero-order valence-electron chi connectivity index (χ0n) is 17.3. The number of piperazine rings is 1. The van der Waals surface area contributed by atoms with Gasteiger partial charge in [0.1, 0.15) is 19.0 Å². The molecule has 160 valence electrons. The van der Waals surface area contributed by atoms with E-state index in [1.54, 1.807) is 6.07 Å². The number of halogens is 1. The number of carbonyl (C=O) groups excluding carboxylic acids is 1. The molecule has 0 aromatic heterocycles. The summed E-state index contributed by atoms with van der Waals surface area (Å²) in [4.78, 5) is 16.9. The van der Waals surface area contributed by atoms with Crippen molar-refractivity contribution >= 4 is 5.91 Å². The number of hydrogen-bond acceptors (Lipinski definition) is 5. The molecule has 6 nitrogen and oxygen atoms in total. The van der Waals surface area contributed by atoms with Crippen LogP contribution in [-0.4, -0.2) is 61.6 Å². The van der Waals surface area contributed by atoms with Gasteiger partial charge in [-0.15, -0.1) is 0 Å². The standard InChI is InChI=1S/C23H28FN3O3/c1-17(18-6-7-21-22(14-18)30-13-12-29-21)25-23(28)16-27-10-8-26(9-11-27)15-19-4-2-3-5-20(19)24/h2-7,14,17H,8-13,15-16H2,1H3,(H,25,28)/t17-/m1/s1. The van der Waals surface area contributed by atoms with Crippen molar-refractivity contribution in [1.29, 1.82) is 0 Å². The van der Waals surface area contributed by atoms with Crippen LogP contribution in [0.2, 0.25) is 0 Å². The van der Waals surface area contributed by atoms with Gasteiger partial charge in [-0.3, -0.25) is 14.6 Å². The highest BCUT2D eigenvalue weighted by Crippen LogP contribution is 2.32. The number of nitrogens with one attached hydrogen (secondary N) is 1. The van der Waals surface area contributed by atoms with Crippen LogP contribution in [0, 0.1) is 5.82 Å². The van der Waals surface area contributed by atoms with Crippen molar-refractivity contribution < 1.29 is 18.7 Å². The Balaban J connectivity index is 1.23. The minimum atomic E-state index is -0.160. The van der Waals surface area contributed by atoms with Gasteiger partial charge in [0.2, 0.25) is 5.91 Å². The summed E-state index contributed by atoms with van der Waals surface area (Å²) in [6.45, 7) is 7.26. The van der Waals surface area contributed by atoms with Gasteiger partial charge >= 0.3 is 0 Å². The molecular weight excluding hydrogens is 385 g/mol. The number of carbonyl (C=O) groups is 1. The van der Waals surface area contributed by atoms with E-state index in [0.717, 1.165) is 48.8 Å². The maximum Gasteiger partial charge on any atom is 0.234 e. The lowest BCUT2D eigenvalue weighted by Gasteiger charge is -2.34. The average molecular weight is 413 g/mol. The number of ether oxygens (including phenoxy) is 2. The highest BCUT2D eigenvalue weighted by Gasteiger charge is 2.21. The number of benzene rings is 2. The Kier molecular flexibility index (Phi) is 6.50. The first kappa shape index (κ1) is 20.6. The minimum absolute atomic E-state index is 0.0000529. The molecule has 0 bridgehead atoms. The molecule has 1 N–H and O–H groups in total. The maximum atomic E-state index is 13.8. The molecular formula is C23H28FN3O3. The number of amides is 1. The topological polar surface area (TPSA) is 54.0 Å². The molecule has 7 heteroatoms. The highest BCUT2D eigenvalue weighted by molar-refractivity contribution is 5.78. The first-order valence-corrected chi connectivity index (χ1v) is 10.5. The zero-order chi connectivity index (χ0) is 20.9. The van der Waals surface area contributed by atoms with Gasteiger partial charge in [-0.2, -0.15) is 0 Å². The van der Waals surface area contributed by atoms with Crippen LogP contribution in [0.3, 0.4) is 0 Å². The molecule has 2 aliphatic rings. The van der Waals surface area contributed by atoms with Crippen LogP contribution < -0.4 is 14.8 Å². The molecule has 0 unspecified atom stereocenters. The van der Waals surface area contributed by atoms with E-state index >= 15 is 0 Å². The van der Waals surface area contributed by atoms with E-state index in [1.165, 1.54) is 6.07 Å². The fourth-order valence-corrected chi connectivity index (χ4v) is 3.88. The molecule has 2 heterocycles. The molecule has 0 spiro atoms. The third kappa shape index (κ3) is 5.09. The van der Waals surface area contributed by atoms with E-state index < -0.39 is 0 Å². The third-order valence-corrected chi connectivity index (χ3v) is 5.63. The van der Waals surface area contributed by atoms with Crippen LogP contribution in [0.4, 0.5) is 4.39 Å². The third-order valence-electron chi connectivity index (χ3n) is 5.63. The second-order valence-corrected chi connectivity index (χ2v) is 7.84. The molecule has 1 fully saturated rings. The quantitative estimate of drug-likeness (QED) is 0.789. The summed E-state index contributed by atoms with van der Waals surface area (Å²) in [6.07, 6.45) is 0. The first-order chi connectivity index (χ1) is 14.6. The van der Waals surface area contributed by atoms with Gasteiger partial charge in [-0.05, 0) is 30.7 Å². The van der Waals surface area contributed by atoms with E-state index in [-0.39, 0.29) is 17.8 Å². The molecule has 4 rings (SSSR count). The molecule has 1 atom stereocenters. The molecule has 2 aromatic carbocycles. The van der Waals surface area contributed by atoms with E-state index in [2.05, 4.69) is 15.1 Å². The lowest BCUT2D eigenvalue weighted by molar-refractivity contribution is -0.123. The average Bonchev–Trinajstić information content (AvgIpc) is 2.76. The van der Waals surface area contributed by atoms with Crippen molar-refractivity contribution in [2.24, 2.45) is 0 Å². The van der Waals surface area contributed by atoms with Gasteiger partial charge in [0.05, 0.1) is 12.6 Å². The Morgan fingerprint density at radius 1 is 1.03 bits per heavy atom. The predicted molar refractivity (Wildman–Crippen MR) is 112 cm³/mol. The molecule has 1 amide bonds. The summed E-state index contributed by atoms with van der Waals surface area (Å²) in [7, 11) is 0. The lowest BCUT2D eigenvalue weighted by atomic mass is 10.1. The Morgan fingerprint density at radius 2 is 1.73 bits per heavy atom. The summed E-state index contributed by atoms with van der Waals surface area (Å²) in [5.41, 5.74) is 1.71. The summed E-state index contributed by atoms with van der Waals surface area (Å²) >= 11 is 0. The minimum Gasteiger partial charge on any atom is -0.486 e. The van der Waals surface area contributed by atoms with E-state index in [0.29, 0.717) is 26.3 Å². The van der Waals surface area contributed by atoms with Crippen LogP contribution >= 0.6 is 0 Å². The van der Waals surface area contributed by atoms with Crippen LogP contribution in [0.25, 0.3) is 0 Å². The van der Waals surface area contributed by atoms with Gasteiger partial charge in [0, 0.05) is 38.3 Å². The summed E-state index contributed by atoms with van der Waals surface area (Å²) in [6, 6.07) is 12.6. The molecule has 2 aliphatic heterocycles. The van der Waals surface area contributed by atoms with Crippen LogP contribution in [-0.2, 0) is 11.3 Å². The van der Waals surface area contributed by atoms with Crippen molar-refractivity contribution in [1.82, 2.24) is 15.1 Å². The number of rotatable bonds is 6. The molecule has 2 aromatic rings. The van der Waals surface area contributed by atoms with Crippen molar-refractivity contribution in [2.75, 3.05) is 45.9 Å². The van der Waals surface area contributed by atoms with Gasteiger partial charge in [0.15, 0.2) is 11.5 Å². The van der Waals surface area contributed by atoms with Crippen LogP contribution in [0.5, 0.6) is 11.5 Å². The van der Waals surface area contributed by atoms with Crippen LogP contribution in [0.1, 0.15) is 24.1 Å². The second kappa shape index (κ2) is 9.45. The first-order valence-electron chi connectivity index (χ1n) is 10.5. The molecule has 0 saturated carbocycles. The Labute approximate surface area is 176 Å². The Bertz CT molecular complexity index is 884. The second-order valence-electron chi connectivity index (χ2n) is 7.84. The molecule has 1 saturated heterocycles. The summed E-state index contributed by atoms with van der Waals surface area (Å²) < 4.78 is 25.0. The monoisotopic (exact) mass is 413 g/mol. The van der Waals surface area contributed by atoms with Gasteiger partial charge in [0.25, 0.3) is 0 Å². The summed E-state index contributed by atoms with van der Waals surface area (Å²) in [5.74, 6) is 1.31. The predicted octanol–water partition coefficient (Wildman–Crippen LogP) is 2.59. The summed E-state index contributed by atoms with van der Waals surface area (Å²) in [5, 5.41) is 3.07. The Morgan fingerprint density at radius 3 is 2.50 bits per heavy atom. The lowest BCUT2D eigenvalue weighted by Crippen LogP contribution is -2.49. The van der Waals surface area contributed by atoms with Crippen LogP contribution in [0.15, 0.2) is 42.5 Å². The van der Waals surface area contributed by atoms with Crippen molar-refractivity contribution in [3.63, 3.8) is 0 Å². The van der Waals surface area contributed by atoms with Gasteiger partial charge < -0.3 is 14.8 Å². The SMILES string of the molecule is C[C@@H](NC(=O)CN1CCN(Cc2ccccc2F)CC1)c1ccc2c(c1)OCCO2. The molecule has 0 aliphatic carbocycles. The zero-order valence-corrected chi connectivity index (χ0v) is 17.3. The number of fused-ring (bicyclic) bond motifs is 1. The fourth-order valence-electron chi connectivity index (χ4n) is 3.88. The normalized spacial score (nSPS) is 18.1. The number of hydrogen-bond donors (Lipinski definition) is 1. The molecule has 30 heavy (non-hydrogen) atoms. The highest BCUT2D eigenvalue weighted by atomic mass is 19.1. The van der Waals surface area contributed by atoms with Crippen molar-refractivity contribution in [3.8, 4) is 11.5 Å². The largest absolute Gasteiger partial charge is 0.486 e. The van der Waals surface area contributed by atoms with E-state index in [1.807, 2.05) is 37.3 Å². The molecule has 0 radical (unpaired) electrons. The van der Waals surface area contributed by atoms with Gasteiger partial charge in [-0.1, -0.05) is 24.3 Å². The fraction of sp³-hybridized carbons (Fsp3) is 0.435. The van der Waals surface area contributed by atoms with E-state index in [4.69, 9.17) is 9.47 Å². The smallest absolute Gasteiger partial charge is 0.234 e. The van der Waals surface area contributed by atoms with E-state index in [9.17, 15) is 9.18 Å². The maximum absolute atomic E-state index is 13.8. The van der Waals surface area contributed by atoms with Crippen molar-refractivity contribution in [3.05, 3.63) is 59.4 Å². The van der Waals surface area contributed by atoms with Gasteiger partial charge in [-0.25, -0.2) is 4.39 Å². The van der Waals surface area contributed by atoms with Crippen molar-refractivity contribution in [2.45, 2.75) is 19.5 Å². The Hall–Kier alpha value is -2.64. The number of nitrogens with zero attached hydrogens (tertiary/aromatic N) is 2.